The van der Waals surface area contributed by atoms with Crippen LogP contribution in [0.25, 0.3) is 78.3 Å². The van der Waals surface area contributed by atoms with Gasteiger partial charge in [-0.05, 0) is 60.2 Å². The van der Waals surface area contributed by atoms with Gasteiger partial charge in [-0.15, -0.1) is 0 Å². The number of hydrogen-bond donors (Lipinski definition) is 0. The predicted molar refractivity (Wildman–Crippen MR) is 195 cm³/mol. The molecule has 8 aromatic rings. The molecule has 0 amide bonds. The number of fused-ring (bicyclic) bond motifs is 7. The summed E-state index contributed by atoms with van der Waals surface area (Å²) in [4.78, 5) is 10.4. The third-order valence-corrected chi connectivity index (χ3v) is 9.84. The van der Waals surface area contributed by atoms with Crippen molar-refractivity contribution < 1.29 is 8.83 Å². The monoisotopic (exact) mass is 618 g/mol. The second-order valence-corrected chi connectivity index (χ2v) is 12.7. The Morgan fingerprint density at radius 1 is 0.542 bits per heavy atom. The quantitative estimate of drug-likeness (QED) is 0.197. The van der Waals surface area contributed by atoms with Crippen LogP contribution in [0, 0.1) is 0 Å². The summed E-state index contributed by atoms with van der Waals surface area (Å²) in [6, 6.07) is 40.1. The van der Waals surface area contributed by atoms with Gasteiger partial charge in [0.2, 0.25) is 0 Å². The second kappa shape index (κ2) is 10.8. The minimum absolute atomic E-state index is 0.866. The van der Waals surface area contributed by atoms with Crippen molar-refractivity contribution in [3.63, 3.8) is 0 Å². The van der Waals surface area contributed by atoms with E-state index in [1.54, 1.807) is 0 Å². The van der Waals surface area contributed by atoms with Crippen molar-refractivity contribution in [3.05, 3.63) is 156 Å². The Balaban J connectivity index is 1.05. The molecular formula is C44H30N2O2. The Morgan fingerprint density at radius 2 is 1.21 bits per heavy atom. The van der Waals surface area contributed by atoms with Gasteiger partial charge in [0, 0.05) is 45.0 Å². The van der Waals surface area contributed by atoms with Gasteiger partial charge in [-0.1, -0.05) is 109 Å². The lowest BCUT2D eigenvalue weighted by Gasteiger charge is -2.17. The predicted octanol–water partition coefficient (Wildman–Crippen LogP) is 11.5. The number of aromatic nitrogens is 2. The van der Waals surface area contributed by atoms with Crippen LogP contribution in [0.4, 0.5) is 0 Å². The van der Waals surface area contributed by atoms with E-state index in [-0.39, 0.29) is 0 Å². The molecule has 2 aliphatic rings. The average molecular weight is 619 g/mol. The molecule has 4 heteroatoms. The molecule has 3 heterocycles. The van der Waals surface area contributed by atoms with Crippen molar-refractivity contribution in [1.82, 2.24) is 9.97 Å². The van der Waals surface area contributed by atoms with E-state index in [0.29, 0.717) is 0 Å². The van der Waals surface area contributed by atoms with Gasteiger partial charge < -0.3 is 8.83 Å². The van der Waals surface area contributed by atoms with Crippen molar-refractivity contribution in [3.8, 4) is 33.6 Å². The smallest absolute Gasteiger partial charge is 0.143 e. The Bertz CT molecular complexity index is 2600. The molecule has 0 N–H and O–H groups in total. The molecule has 10 rings (SSSR count). The number of furan rings is 2. The van der Waals surface area contributed by atoms with E-state index < -0.39 is 0 Å². The van der Waals surface area contributed by atoms with Crippen molar-refractivity contribution in [2.45, 2.75) is 25.7 Å². The number of rotatable bonds is 4. The molecule has 0 saturated carbocycles. The highest BCUT2D eigenvalue weighted by Crippen LogP contribution is 2.41. The van der Waals surface area contributed by atoms with E-state index >= 15 is 0 Å². The normalized spacial score (nSPS) is 14.0. The van der Waals surface area contributed by atoms with E-state index in [1.165, 1.54) is 22.3 Å². The summed E-state index contributed by atoms with van der Waals surface area (Å²) < 4.78 is 12.6. The van der Waals surface area contributed by atoms with Crippen LogP contribution >= 0.6 is 0 Å². The lowest BCUT2D eigenvalue weighted by molar-refractivity contribution is 0.496. The zero-order valence-corrected chi connectivity index (χ0v) is 26.2. The molecule has 2 aliphatic carbocycles. The van der Waals surface area contributed by atoms with E-state index in [2.05, 4.69) is 97.1 Å². The van der Waals surface area contributed by atoms with Gasteiger partial charge in [0.25, 0.3) is 0 Å². The molecule has 0 fully saturated rings. The third-order valence-electron chi connectivity index (χ3n) is 9.84. The summed E-state index contributed by atoms with van der Waals surface area (Å²) >= 11 is 0. The summed E-state index contributed by atoms with van der Waals surface area (Å²) in [5.41, 5.74) is 14.7. The molecule has 3 aromatic heterocycles. The Morgan fingerprint density at radius 3 is 1.98 bits per heavy atom. The topological polar surface area (TPSA) is 52.1 Å². The van der Waals surface area contributed by atoms with Crippen LogP contribution < -0.4 is 0 Å². The minimum atomic E-state index is 0.866. The summed E-state index contributed by atoms with van der Waals surface area (Å²) in [7, 11) is 0. The third kappa shape index (κ3) is 4.30. The minimum Gasteiger partial charge on any atom is -0.461 e. The van der Waals surface area contributed by atoms with Gasteiger partial charge in [0.05, 0.1) is 22.4 Å². The first-order valence-corrected chi connectivity index (χ1v) is 16.7. The lowest BCUT2D eigenvalue weighted by Crippen LogP contribution is -2.02. The second-order valence-electron chi connectivity index (χ2n) is 12.7. The van der Waals surface area contributed by atoms with Crippen LogP contribution in [0.15, 0.2) is 136 Å². The zero-order chi connectivity index (χ0) is 31.6. The summed E-state index contributed by atoms with van der Waals surface area (Å²) in [6.07, 6.45) is 10.8. The first-order valence-electron chi connectivity index (χ1n) is 16.7. The number of aryl methyl sites for hydroxylation is 1. The highest BCUT2D eigenvalue weighted by atomic mass is 16.3. The Kier molecular flexibility index (Phi) is 6.10. The fraction of sp³-hybridized carbons (Fsp3) is 0.0909. The van der Waals surface area contributed by atoms with Crippen LogP contribution in [-0.4, -0.2) is 9.97 Å². The molecule has 228 valence electrons. The molecular weight excluding hydrogens is 588 g/mol. The zero-order valence-electron chi connectivity index (χ0n) is 26.2. The van der Waals surface area contributed by atoms with Crippen molar-refractivity contribution in [2.24, 2.45) is 0 Å². The summed E-state index contributed by atoms with van der Waals surface area (Å²) in [5, 5.41) is 2.26. The van der Waals surface area contributed by atoms with E-state index in [9.17, 15) is 0 Å². The maximum atomic E-state index is 6.34. The number of allylic oxidation sites excluding steroid dienone is 2. The Hall–Kier alpha value is -6.00. The van der Waals surface area contributed by atoms with Crippen LogP contribution in [0.1, 0.15) is 41.1 Å². The largest absolute Gasteiger partial charge is 0.461 e. The number of nitrogens with zero attached hydrogens (tertiary/aromatic N) is 2. The van der Waals surface area contributed by atoms with E-state index in [1.807, 2.05) is 36.4 Å². The highest BCUT2D eigenvalue weighted by Gasteiger charge is 2.26. The van der Waals surface area contributed by atoms with Crippen molar-refractivity contribution >= 4 is 44.6 Å². The van der Waals surface area contributed by atoms with Crippen LogP contribution in [0.3, 0.4) is 0 Å². The molecule has 0 saturated heterocycles. The van der Waals surface area contributed by atoms with Gasteiger partial charge in [0.1, 0.15) is 22.7 Å². The lowest BCUT2D eigenvalue weighted by atomic mass is 9.86. The molecule has 4 nitrogen and oxygen atoms in total. The van der Waals surface area contributed by atoms with Crippen LogP contribution in [0.5, 0.6) is 0 Å². The molecule has 0 spiro atoms. The molecule has 0 aliphatic heterocycles. The first-order chi connectivity index (χ1) is 23.8. The maximum absolute atomic E-state index is 6.34. The van der Waals surface area contributed by atoms with Gasteiger partial charge >= 0.3 is 0 Å². The van der Waals surface area contributed by atoms with Crippen LogP contribution in [0.2, 0.25) is 0 Å². The number of benzene rings is 5. The number of para-hydroxylation sites is 4. The molecule has 48 heavy (non-hydrogen) atoms. The fourth-order valence-corrected chi connectivity index (χ4v) is 7.53. The van der Waals surface area contributed by atoms with Gasteiger partial charge in [-0.2, -0.15) is 0 Å². The number of hydrogen-bond acceptors (Lipinski definition) is 4. The van der Waals surface area contributed by atoms with Gasteiger partial charge in [-0.25, -0.2) is 9.97 Å². The Labute approximate surface area is 277 Å². The molecule has 0 bridgehead atoms. The van der Waals surface area contributed by atoms with Crippen LogP contribution in [-0.2, 0) is 12.8 Å². The first kappa shape index (κ1) is 27.1. The van der Waals surface area contributed by atoms with Crippen molar-refractivity contribution in [2.75, 3.05) is 0 Å². The molecule has 0 atom stereocenters. The summed E-state index contributed by atoms with van der Waals surface area (Å²) in [5.74, 6) is 2.16. The molecule has 0 radical (unpaired) electrons. The van der Waals surface area contributed by atoms with E-state index in [0.717, 1.165) is 104 Å². The van der Waals surface area contributed by atoms with Crippen molar-refractivity contribution in [1.29, 1.82) is 0 Å². The molecule has 0 unspecified atom stereocenters. The highest BCUT2D eigenvalue weighted by molar-refractivity contribution is 6.09. The average Bonchev–Trinajstić information content (AvgIpc) is 3.73. The SMILES string of the molecule is C1=Cc2oc3c(c2CC1)C(c1ccc(-c2nc4ccccc4nc2-c2ccc(-c4cccc5c4oc4ccccc45)cc2)cc1)=CCC3. The van der Waals surface area contributed by atoms with Gasteiger partial charge in [0.15, 0.2) is 0 Å². The standard InChI is InChI=1S/C44H30N2O2/c1-5-16-38-33(9-1)34-13-7-12-32(44(34)48-38)28-21-25-30(26-22-28)43-42(45-36-14-3-4-15-37(36)46-43)29-23-19-27(20-24-29)31-11-8-18-40-41(31)35-10-2-6-17-39(35)47-40/h1,3-7,9,11-17,19-26H,2,8,10,18H2. The van der Waals surface area contributed by atoms with Gasteiger partial charge in [-0.3, -0.25) is 0 Å². The fourth-order valence-electron chi connectivity index (χ4n) is 7.53. The summed E-state index contributed by atoms with van der Waals surface area (Å²) in [6.45, 7) is 0. The maximum Gasteiger partial charge on any atom is 0.143 e. The van der Waals surface area contributed by atoms with E-state index in [4.69, 9.17) is 18.8 Å². The molecule has 5 aromatic carbocycles.